The van der Waals surface area contributed by atoms with Crippen LogP contribution in [0.5, 0.6) is 0 Å². The fourth-order valence-electron chi connectivity index (χ4n) is 7.28. The summed E-state index contributed by atoms with van der Waals surface area (Å²) in [4.78, 5) is 47.9. The van der Waals surface area contributed by atoms with Crippen molar-refractivity contribution >= 4 is 37.3 Å². The van der Waals surface area contributed by atoms with Gasteiger partial charge in [-0.2, -0.15) is 0 Å². The molecule has 2 saturated carbocycles. The van der Waals surface area contributed by atoms with E-state index in [9.17, 15) is 14.4 Å². The highest BCUT2D eigenvalue weighted by atomic mass is 28.3. The third kappa shape index (κ3) is 6.80. The first-order chi connectivity index (χ1) is 22.1. The maximum Gasteiger partial charge on any atom is 0.257 e. The van der Waals surface area contributed by atoms with Gasteiger partial charge in [-0.15, -0.1) is 0 Å². The Labute approximate surface area is 272 Å². The van der Waals surface area contributed by atoms with Crippen LogP contribution in [0.4, 0.5) is 11.5 Å². The lowest BCUT2D eigenvalue weighted by molar-refractivity contribution is -0.127. The quantitative estimate of drug-likeness (QED) is 0.237. The SMILES string of the molecule is CC1CCC([C@H](NC(=O)c2conc2C2CCC2)C(=O)Nc2cc3c(cn2)C2(CCOCC2)C(=O)N3COCC[Si](C)(C)C)CC1. The summed E-state index contributed by atoms with van der Waals surface area (Å²) in [5, 5.41) is 10.2. The standard InChI is InChI=1S/C34H49N5O6Si/c1-22-8-10-24(11-9-22)30(37-31(40)25-20-45-38-29(25)23-6-5-7-23)32(41)36-28-18-27-26(19-35-28)34(12-14-43-15-13-34)33(42)39(27)21-44-16-17-46(2,3)4/h18-20,22-24,30H,5-17,21H2,1-4H3,(H,37,40)(H,35,36,41)/t22?,24?,30-/m0/s1. The second-order valence-corrected chi connectivity index (χ2v) is 20.7. The normalized spacial score (nSPS) is 23.6. The number of aromatic nitrogens is 2. The van der Waals surface area contributed by atoms with Crippen molar-refractivity contribution in [3.63, 3.8) is 0 Å². The van der Waals surface area contributed by atoms with Crippen LogP contribution in [-0.4, -0.2) is 68.5 Å². The first-order valence-corrected chi connectivity index (χ1v) is 20.8. The van der Waals surface area contributed by atoms with Crippen molar-refractivity contribution < 1.29 is 28.4 Å². The van der Waals surface area contributed by atoms with Crippen LogP contribution >= 0.6 is 0 Å². The zero-order valence-electron chi connectivity index (χ0n) is 27.7. The number of nitrogens with one attached hydrogen (secondary N) is 2. The van der Waals surface area contributed by atoms with Crippen molar-refractivity contribution in [2.75, 3.05) is 36.8 Å². The van der Waals surface area contributed by atoms with E-state index in [1.807, 2.05) is 0 Å². The highest BCUT2D eigenvalue weighted by Gasteiger charge is 2.52. The van der Waals surface area contributed by atoms with Crippen molar-refractivity contribution in [1.29, 1.82) is 0 Å². The number of fused-ring (bicyclic) bond motifs is 2. The fraction of sp³-hybridized carbons (Fsp3) is 0.676. The molecule has 4 heterocycles. The summed E-state index contributed by atoms with van der Waals surface area (Å²) in [5.41, 5.74) is 1.96. The molecule has 12 heteroatoms. The van der Waals surface area contributed by atoms with Crippen molar-refractivity contribution in [2.45, 2.75) is 108 Å². The molecule has 1 spiro atoms. The Morgan fingerprint density at radius 1 is 1.13 bits per heavy atom. The molecule has 2 aliphatic heterocycles. The molecular weight excluding hydrogens is 602 g/mol. The lowest BCUT2D eigenvalue weighted by Crippen LogP contribution is -2.49. The first kappa shape index (κ1) is 32.8. The van der Waals surface area contributed by atoms with E-state index in [-0.39, 0.29) is 36.3 Å². The van der Waals surface area contributed by atoms with Gasteiger partial charge in [0.2, 0.25) is 11.8 Å². The summed E-state index contributed by atoms with van der Waals surface area (Å²) in [6.07, 6.45) is 11.1. The number of rotatable bonds is 11. The molecule has 46 heavy (non-hydrogen) atoms. The zero-order chi connectivity index (χ0) is 32.5. The zero-order valence-corrected chi connectivity index (χ0v) is 28.7. The Morgan fingerprint density at radius 2 is 1.87 bits per heavy atom. The number of carbonyl (C=O) groups excluding carboxylic acids is 3. The molecule has 3 fully saturated rings. The van der Waals surface area contributed by atoms with Crippen molar-refractivity contribution in [2.24, 2.45) is 11.8 Å². The molecule has 6 rings (SSSR count). The number of hydrogen-bond donors (Lipinski definition) is 2. The molecule has 1 atom stereocenters. The lowest BCUT2D eigenvalue weighted by atomic mass is 9.76. The van der Waals surface area contributed by atoms with Crippen LogP contribution in [0.15, 0.2) is 23.0 Å². The smallest absolute Gasteiger partial charge is 0.257 e. The second kappa shape index (κ2) is 13.6. The number of nitrogens with zero attached hydrogens (tertiary/aromatic N) is 3. The molecule has 2 aliphatic carbocycles. The molecule has 0 radical (unpaired) electrons. The molecule has 2 aromatic rings. The van der Waals surface area contributed by atoms with Gasteiger partial charge in [-0.1, -0.05) is 51.0 Å². The molecule has 250 valence electrons. The van der Waals surface area contributed by atoms with E-state index in [1.165, 1.54) is 6.26 Å². The largest absolute Gasteiger partial charge is 0.381 e. The Morgan fingerprint density at radius 3 is 2.54 bits per heavy atom. The fourth-order valence-corrected chi connectivity index (χ4v) is 8.04. The van der Waals surface area contributed by atoms with E-state index >= 15 is 0 Å². The second-order valence-electron chi connectivity index (χ2n) is 15.1. The summed E-state index contributed by atoms with van der Waals surface area (Å²) in [6, 6.07) is 2.04. The molecule has 2 N–H and O–H groups in total. The van der Waals surface area contributed by atoms with Gasteiger partial charge in [0.1, 0.15) is 30.4 Å². The lowest BCUT2D eigenvalue weighted by Gasteiger charge is -2.32. The number of carbonyl (C=O) groups is 3. The van der Waals surface area contributed by atoms with Crippen molar-refractivity contribution in [3.8, 4) is 0 Å². The van der Waals surface area contributed by atoms with Crippen LogP contribution in [0.25, 0.3) is 0 Å². The maximum atomic E-state index is 14.0. The Hall–Kier alpha value is -3.09. The number of hydrogen-bond acceptors (Lipinski definition) is 8. The van der Waals surface area contributed by atoms with Gasteiger partial charge in [-0.25, -0.2) is 4.98 Å². The summed E-state index contributed by atoms with van der Waals surface area (Å²) in [5.74, 6) is 0.499. The van der Waals surface area contributed by atoms with Crippen LogP contribution in [0.1, 0.15) is 92.2 Å². The average Bonchev–Trinajstić information content (AvgIpc) is 3.55. The molecule has 11 nitrogen and oxygen atoms in total. The summed E-state index contributed by atoms with van der Waals surface area (Å²) < 4.78 is 16.9. The van der Waals surface area contributed by atoms with Crippen LogP contribution in [-0.2, 0) is 24.5 Å². The van der Waals surface area contributed by atoms with E-state index in [2.05, 4.69) is 47.3 Å². The Bertz CT molecular complexity index is 1420. The van der Waals surface area contributed by atoms with Gasteiger partial charge in [0, 0.05) is 51.6 Å². The average molecular weight is 652 g/mol. The van der Waals surface area contributed by atoms with Gasteiger partial charge < -0.3 is 24.6 Å². The van der Waals surface area contributed by atoms with Gasteiger partial charge in [0.25, 0.3) is 5.91 Å². The minimum absolute atomic E-state index is 0.00142. The van der Waals surface area contributed by atoms with Crippen LogP contribution in [0.2, 0.25) is 25.7 Å². The molecule has 0 aromatic carbocycles. The molecule has 2 aromatic heterocycles. The first-order valence-electron chi connectivity index (χ1n) is 17.1. The van der Waals surface area contributed by atoms with Crippen molar-refractivity contribution in [3.05, 3.63) is 35.3 Å². The van der Waals surface area contributed by atoms with Crippen molar-refractivity contribution in [1.82, 2.24) is 15.5 Å². The van der Waals surface area contributed by atoms with Gasteiger partial charge >= 0.3 is 0 Å². The maximum absolute atomic E-state index is 14.0. The minimum Gasteiger partial charge on any atom is -0.381 e. The van der Waals surface area contributed by atoms with Gasteiger partial charge in [-0.05, 0) is 56.4 Å². The van der Waals surface area contributed by atoms with E-state index < -0.39 is 19.5 Å². The van der Waals surface area contributed by atoms with Gasteiger partial charge in [-0.3, -0.25) is 19.3 Å². The molecule has 1 saturated heterocycles. The van der Waals surface area contributed by atoms with Crippen LogP contribution < -0.4 is 15.5 Å². The Kier molecular flexibility index (Phi) is 9.68. The highest BCUT2D eigenvalue weighted by molar-refractivity contribution is 6.76. The van der Waals surface area contributed by atoms with Gasteiger partial charge in [0.05, 0.1) is 16.8 Å². The third-order valence-corrected chi connectivity index (χ3v) is 12.3. The van der Waals surface area contributed by atoms with E-state index in [0.29, 0.717) is 61.3 Å². The van der Waals surface area contributed by atoms with E-state index in [0.717, 1.165) is 56.6 Å². The number of anilines is 2. The molecule has 4 aliphatic rings. The monoisotopic (exact) mass is 651 g/mol. The summed E-state index contributed by atoms with van der Waals surface area (Å²) in [6.45, 7) is 10.9. The Balaban J connectivity index is 1.23. The van der Waals surface area contributed by atoms with Crippen LogP contribution in [0, 0.1) is 11.8 Å². The van der Waals surface area contributed by atoms with Gasteiger partial charge in [0.15, 0.2) is 0 Å². The number of ether oxygens (including phenoxy) is 2. The number of amides is 3. The predicted octanol–water partition coefficient (Wildman–Crippen LogP) is 5.61. The predicted molar refractivity (Wildman–Crippen MR) is 177 cm³/mol. The highest BCUT2D eigenvalue weighted by Crippen LogP contribution is 2.48. The minimum atomic E-state index is -1.30. The van der Waals surface area contributed by atoms with E-state index in [1.54, 1.807) is 17.2 Å². The molecule has 0 bridgehead atoms. The molecular formula is C34H49N5O6Si. The molecule has 0 unspecified atom stereocenters. The topological polar surface area (TPSA) is 136 Å². The van der Waals surface area contributed by atoms with E-state index in [4.69, 9.17) is 14.0 Å². The summed E-state index contributed by atoms with van der Waals surface area (Å²) in [7, 11) is -1.30. The number of pyridine rings is 1. The molecule has 3 amide bonds. The van der Waals surface area contributed by atoms with Crippen LogP contribution in [0.3, 0.4) is 0 Å². The third-order valence-electron chi connectivity index (χ3n) is 10.6. The summed E-state index contributed by atoms with van der Waals surface area (Å²) >= 11 is 0.